The van der Waals surface area contributed by atoms with Crippen LogP contribution in [0.3, 0.4) is 0 Å². The Kier molecular flexibility index (Phi) is 5.75. The first-order valence-electron chi connectivity index (χ1n) is 10.4. The van der Waals surface area contributed by atoms with E-state index in [4.69, 9.17) is 13.9 Å². The summed E-state index contributed by atoms with van der Waals surface area (Å²) >= 11 is 1.21. The summed E-state index contributed by atoms with van der Waals surface area (Å²) in [6, 6.07) is 20.9. The van der Waals surface area contributed by atoms with Crippen LogP contribution in [0.25, 0.3) is 11.5 Å². The summed E-state index contributed by atoms with van der Waals surface area (Å²) in [5.74, 6) is 1.49. The summed E-state index contributed by atoms with van der Waals surface area (Å²) in [4.78, 5) is 13.3. The zero-order chi connectivity index (χ0) is 22.8. The van der Waals surface area contributed by atoms with Gasteiger partial charge in [0.15, 0.2) is 11.5 Å². The average molecular weight is 460 g/mol. The van der Waals surface area contributed by atoms with Crippen LogP contribution in [0.1, 0.15) is 21.9 Å². The molecule has 0 saturated heterocycles. The number of anilines is 1. The Hall–Kier alpha value is -3.78. The molecule has 8 heteroatoms. The number of benzene rings is 3. The lowest BCUT2D eigenvalue weighted by Gasteiger charge is -2.16. The molecule has 1 aromatic heterocycles. The Morgan fingerprint density at radius 2 is 1.70 bits per heavy atom. The fraction of sp³-hybridized carbons (Fsp3) is 0.160. The third-order valence-corrected chi connectivity index (χ3v) is 6.16. The molecule has 0 spiro atoms. The van der Waals surface area contributed by atoms with Gasteiger partial charge < -0.3 is 19.2 Å². The number of aryl methyl sites for hydroxylation is 2. The fourth-order valence-corrected chi connectivity index (χ4v) is 4.54. The van der Waals surface area contributed by atoms with Gasteiger partial charge in [0.05, 0.1) is 0 Å². The van der Waals surface area contributed by atoms with E-state index in [0.29, 0.717) is 22.6 Å². The quantitative estimate of drug-likeness (QED) is 0.378. The lowest BCUT2D eigenvalue weighted by atomic mass is 10.1. The lowest BCUT2D eigenvalue weighted by molar-refractivity contribution is -0.115. The topological polar surface area (TPSA) is 86.5 Å². The van der Waals surface area contributed by atoms with Crippen molar-refractivity contribution in [2.45, 2.75) is 24.3 Å². The van der Waals surface area contributed by atoms with E-state index in [1.54, 1.807) is 12.1 Å². The summed E-state index contributed by atoms with van der Waals surface area (Å²) in [6.45, 7) is 4.20. The molecular weight excluding hydrogens is 438 g/mol. The summed E-state index contributed by atoms with van der Waals surface area (Å²) in [6.07, 6.45) is 0. The van der Waals surface area contributed by atoms with E-state index in [-0.39, 0.29) is 12.7 Å². The second-order valence-corrected chi connectivity index (χ2v) is 8.77. The van der Waals surface area contributed by atoms with Gasteiger partial charge in [-0.1, -0.05) is 36.4 Å². The molecule has 0 radical (unpaired) electrons. The first-order valence-corrected chi connectivity index (χ1v) is 11.3. The van der Waals surface area contributed by atoms with Crippen molar-refractivity contribution in [3.8, 4) is 23.0 Å². The van der Waals surface area contributed by atoms with Crippen LogP contribution < -0.4 is 14.8 Å². The van der Waals surface area contributed by atoms with Crippen LogP contribution >= 0.6 is 11.8 Å². The first-order chi connectivity index (χ1) is 16.0. The standard InChI is InChI=1S/C25H21N3O4S/c1-15-10-16(2)12-19(11-15)26-23(29)22(17-6-4-3-5-7-17)33-25-28-27-24(32-25)18-8-9-20-21(13-18)31-14-30-20/h3-13,22H,14H2,1-2H3,(H,26,29)/t22-/m0/s1. The molecule has 5 rings (SSSR count). The van der Waals surface area contributed by atoms with Gasteiger partial charge in [0.1, 0.15) is 5.25 Å². The van der Waals surface area contributed by atoms with Crippen molar-refractivity contribution in [2.75, 3.05) is 12.1 Å². The SMILES string of the molecule is Cc1cc(C)cc(NC(=O)[C@@H](Sc2nnc(-c3ccc4c(c3)OCO4)o2)c2ccccc2)c1. The van der Waals surface area contributed by atoms with Gasteiger partial charge in [-0.3, -0.25) is 4.79 Å². The van der Waals surface area contributed by atoms with Crippen LogP contribution in [0.2, 0.25) is 0 Å². The molecule has 166 valence electrons. The van der Waals surface area contributed by atoms with Crippen LogP contribution in [0, 0.1) is 13.8 Å². The second-order valence-electron chi connectivity index (χ2n) is 7.72. The van der Waals surface area contributed by atoms with Crippen LogP contribution in [0.5, 0.6) is 11.5 Å². The highest BCUT2D eigenvalue weighted by molar-refractivity contribution is 8.00. The van der Waals surface area contributed by atoms with E-state index in [9.17, 15) is 4.79 Å². The molecule has 0 aliphatic carbocycles. The molecule has 1 aliphatic heterocycles. The Labute approximate surface area is 195 Å². The maximum atomic E-state index is 13.3. The highest BCUT2D eigenvalue weighted by atomic mass is 32.2. The fourth-order valence-electron chi connectivity index (χ4n) is 3.66. The van der Waals surface area contributed by atoms with Gasteiger partial charge in [-0.2, -0.15) is 0 Å². The molecule has 0 bridgehead atoms. The third-order valence-electron chi connectivity index (χ3n) is 5.07. The molecule has 1 aliphatic rings. The minimum Gasteiger partial charge on any atom is -0.454 e. The van der Waals surface area contributed by atoms with Crippen LogP contribution in [0.15, 0.2) is 76.4 Å². The van der Waals surface area contributed by atoms with E-state index in [0.717, 1.165) is 27.9 Å². The highest BCUT2D eigenvalue weighted by Gasteiger charge is 2.26. The Bertz CT molecular complexity index is 1290. The van der Waals surface area contributed by atoms with Gasteiger partial charge in [-0.05, 0) is 72.6 Å². The van der Waals surface area contributed by atoms with Crippen molar-refractivity contribution in [3.63, 3.8) is 0 Å². The number of nitrogens with zero attached hydrogens (tertiary/aromatic N) is 2. The van der Waals surface area contributed by atoms with E-state index in [1.807, 2.05) is 62.4 Å². The number of carbonyl (C=O) groups is 1. The van der Waals surface area contributed by atoms with Gasteiger partial charge in [0.25, 0.3) is 5.22 Å². The lowest BCUT2D eigenvalue weighted by Crippen LogP contribution is -2.19. The normalized spacial score (nSPS) is 13.0. The molecule has 0 unspecified atom stereocenters. The van der Waals surface area contributed by atoms with Gasteiger partial charge in [0.2, 0.25) is 18.6 Å². The molecule has 4 aromatic rings. The van der Waals surface area contributed by atoms with Crippen molar-refractivity contribution in [1.82, 2.24) is 10.2 Å². The predicted octanol–water partition coefficient (Wildman–Crippen LogP) is 5.55. The third kappa shape index (κ3) is 4.70. The Balaban J connectivity index is 1.39. The van der Waals surface area contributed by atoms with Crippen molar-refractivity contribution in [2.24, 2.45) is 0 Å². The highest BCUT2D eigenvalue weighted by Crippen LogP contribution is 2.39. The minimum atomic E-state index is -0.572. The van der Waals surface area contributed by atoms with Crippen molar-refractivity contribution >= 4 is 23.4 Å². The number of aromatic nitrogens is 2. The number of carbonyl (C=O) groups excluding carboxylic acids is 1. The maximum absolute atomic E-state index is 13.3. The number of rotatable bonds is 6. The van der Waals surface area contributed by atoms with Crippen molar-refractivity contribution in [1.29, 1.82) is 0 Å². The molecule has 2 heterocycles. The zero-order valence-corrected chi connectivity index (χ0v) is 18.9. The largest absolute Gasteiger partial charge is 0.454 e. The maximum Gasteiger partial charge on any atom is 0.277 e. The molecule has 33 heavy (non-hydrogen) atoms. The predicted molar refractivity (Wildman–Crippen MR) is 125 cm³/mol. The number of nitrogens with one attached hydrogen (secondary N) is 1. The molecule has 1 amide bonds. The number of ether oxygens (including phenoxy) is 2. The van der Waals surface area contributed by atoms with E-state index in [2.05, 4.69) is 21.6 Å². The first kappa shape index (κ1) is 21.1. The number of fused-ring (bicyclic) bond motifs is 1. The minimum absolute atomic E-state index is 0.168. The summed E-state index contributed by atoms with van der Waals surface area (Å²) in [5.41, 5.74) is 4.48. The van der Waals surface area contributed by atoms with Crippen LogP contribution in [-0.4, -0.2) is 22.9 Å². The molecule has 0 fully saturated rings. The van der Waals surface area contributed by atoms with Crippen LogP contribution in [0.4, 0.5) is 5.69 Å². The monoisotopic (exact) mass is 459 g/mol. The number of amides is 1. The number of thioether (sulfide) groups is 1. The summed E-state index contributed by atoms with van der Waals surface area (Å²) in [5, 5.41) is 11.1. The van der Waals surface area contributed by atoms with E-state index in [1.165, 1.54) is 11.8 Å². The van der Waals surface area contributed by atoms with Crippen molar-refractivity contribution in [3.05, 3.63) is 83.4 Å². The number of hydrogen-bond acceptors (Lipinski definition) is 7. The molecule has 1 N–H and O–H groups in total. The number of hydrogen-bond donors (Lipinski definition) is 1. The second kappa shape index (κ2) is 8.99. The summed E-state index contributed by atoms with van der Waals surface area (Å²) < 4.78 is 16.7. The summed E-state index contributed by atoms with van der Waals surface area (Å²) in [7, 11) is 0. The van der Waals surface area contributed by atoms with Crippen molar-refractivity contribution < 1.29 is 18.7 Å². The van der Waals surface area contributed by atoms with E-state index >= 15 is 0 Å². The van der Waals surface area contributed by atoms with Gasteiger partial charge in [0, 0.05) is 11.3 Å². The molecule has 7 nitrogen and oxygen atoms in total. The molecule has 3 aromatic carbocycles. The average Bonchev–Trinajstić information content (AvgIpc) is 3.46. The van der Waals surface area contributed by atoms with Gasteiger partial charge in [-0.25, -0.2) is 0 Å². The van der Waals surface area contributed by atoms with E-state index < -0.39 is 5.25 Å². The zero-order valence-electron chi connectivity index (χ0n) is 18.1. The smallest absolute Gasteiger partial charge is 0.277 e. The molecule has 1 atom stereocenters. The van der Waals surface area contributed by atoms with Crippen LogP contribution in [-0.2, 0) is 4.79 Å². The van der Waals surface area contributed by atoms with Gasteiger partial charge in [-0.15, -0.1) is 10.2 Å². The Morgan fingerprint density at radius 3 is 2.48 bits per heavy atom. The Morgan fingerprint density at radius 1 is 0.939 bits per heavy atom. The van der Waals surface area contributed by atoms with Gasteiger partial charge >= 0.3 is 0 Å². The molecular formula is C25H21N3O4S. The molecule has 0 saturated carbocycles.